The highest BCUT2D eigenvalue weighted by Gasteiger charge is 2.35. The number of fused-ring (bicyclic) bond motifs is 1. The van der Waals surface area contributed by atoms with Crippen LogP contribution in [0.3, 0.4) is 0 Å². The third-order valence-electron chi connectivity index (χ3n) is 5.09. The van der Waals surface area contributed by atoms with E-state index in [1.54, 1.807) is 41.3 Å². The summed E-state index contributed by atoms with van der Waals surface area (Å²) in [5, 5.41) is 0.552. The van der Waals surface area contributed by atoms with Crippen molar-refractivity contribution in [2.45, 2.75) is 19.5 Å². The molecule has 0 aliphatic carbocycles. The van der Waals surface area contributed by atoms with Gasteiger partial charge in [-0.1, -0.05) is 23.7 Å². The monoisotopic (exact) mass is 426 g/mol. The smallest absolute Gasteiger partial charge is 0.255 e. The van der Waals surface area contributed by atoms with E-state index in [0.717, 1.165) is 11.3 Å². The minimum Gasteiger partial charge on any atom is -0.497 e. The molecule has 7 heteroatoms. The van der Waals surface area contributed by atoms with Crippen LogP contribution in [-0.2, 0) is 6.54 Å². The minimum absolute atomic E-state index is 0.0488. The van der Waals surface area contributed by atoms with Gasteiger partial charge in [-0.25, -0.2) is 9.37 Å². The summed E-state index contributed by atoms with van der Waals surface area (Å²) < 4.78 is 25.9. The van der Waals surface area contributed by atoms with Crippen LogP contribution in [0.1, 0.15) is 33.2 Å². The minimum atomic E-state index is -0.656. The zero-order valence-corrected chi connectivity index (χ0v) is 17.3. The number of pyridine rings is 1. The zero-order chi connectivity index (χ0) is 21.3. The van der Waals surface area contributed by atoms with E-state index in [2.05, 4.69) is 4.98 Å². The van der Waals surface area contributed by atoms with Gasteiger partial charge in [-0.05, 0) is 42.8 Å². The van der Waals surface area contributed by atoms with Crippen molar-refractivity contribution in [2.24, 2.45) is 0 Å². The molecule has 1 aliphatic rings. The number of nitrogens with zero attached hydrogens (tertiary/aromatic N) is 2. The molecule has 2 aromatic carbocycles. The molecule has 30 heavy (non-hydrogen) atoms. The SMILES string of the molecule is COc1ccc(C(COc2cccc(C)n2)N2Cc3cc(Cl)ccc3C2=O)c(F)c1. The standard InChI is InChI=1S/C23H20ClFN2O3/c1-14-4-3-5-22(26-14)30-13-21(19-9-7-17(29-2)11-20(19)25)27-12-15-10-16(24)6-8-18(15)23(27)28/h3-11,21H,12-13H2,1-2H3. The number of benzene rings is 2. The molecule has 3 aromatic rings. The fraction of sp³-hybridized carbons (Fsp3) is 0.217. The number of rotatable bonds is 6. The molecule has 0 N–H and O–H groups in total. The predicted octanol–water partition coefficient (Wildman–Crippen LogP) is 4.97. The lowest BCUT2D eigenvalue weighted by Gasteiger charge is -2.28. The second-order valence-electron chi connectivity index (χ2n) is 7.07. The number of aryl methyl sites for hydroxylation is 1. The number of methoxy groups -OCH3 is 1. The Morgan fingerprint density at radius 3 is 2.77 bits per heavy atom. The van der Waals surface area contributed by atoms with Crippen LogP contribution in [0.4, 0.5) is 4.39 Å². The highest BCUT2D eigenvalue weighted by Crippen LogP contribution is 2.35. The van der Waals surface area contributed by atoms with Crippen LogP contribution in [0, 0.1) is 12.7 Å². The van der Waals surface area contributed by atoms with Crippen LogP contribution in [0.2, 0.25) is 5.02 Å². The highest BCUT2D eigenvalue weighted by atomic mass is 35.5. The van der Waals surface area contributed by atoms with Crippen molar-refractivity contribution in [1.29, 1.82) is 0 Å². The third kappa shape index (κ3) is 3.96. The molecule has 154 valence electrons. The van der Waals surface area contributed by atoms with Gasteiger partial charge in [-0.2, -0.15) is 0 Å². The molecule has 1 aliphatic heterocycles. The molecule has 0 saturated heterocycles. The van der Waals surface area contributed by atoms with E-state index in [1.807, 2.05) is 19.1 Å². The number of ether oxygens (including phenoxy) is 2. The number of carbonyl (C=O) groups is 1. The molecule has 0 spiro atoms. The number of carbonyl (C=O) groups excluding carboxylic acids is 1. The Balaban J connectivity index is 1.68. The normalized spacial score (nSPS) is 13.9. The van der Waals surface area contributed by atoms with Crippen molar-refractivity contribution in [3.63, 3.8) is 0 Å². The Hall–Kier alpha value is -3.12. The van der Waals surface area contributed by atoms with E-state index < -0.39 is 11.9 Å². The molecular formula is C23H20ClFN2O3. The molecule has 0 radical (unpaired) electrons. The van der Waals surface area contributed by atoms with Gasteiger partial charge in [0, 0.05) is 40.5 Å². The number of aromatic nitrogens is 1. The van der Waals surface area contributed by atoms with Crippen LogP contribution >= 0.6 is 11.6 Å². The summed E-state index contributed by atoms with van der Waals surface area (Å²) in [5.74, 6) is 0.157. The van der Waals surface area contributed by atoms with Gasteiger partial charge < -0.3 is 14.4 Å². The van der Waals surface area contributed by atoms with E-state index >= 15 is 0 Å². The Kier molecular flexibility index (Phi) is 5.59. The topological polar surface area (TPSA) is 51.7 Å². The first kappa shape index (κ1) is 20.2. The molecule has 1 aromatic heterocycles. The molecule has 1 atom stereocenters. The summed E-state index contributed by atoms with van der Waals surface area (Å²) in [5.41, 5.74) is 2.52. The van der Waals surface area contributed by atoms with Crippen LogP contribution in [-0.4, -0.2) is 29.5 Å². The molecule has 4 rings (SSSR count). The summed E-state index contributed by atoms with van der Waals surface area (Å²) in [6.45, 7) is 2.22. The lowest BCUT2D eigenvalue weighted by Crippen LogP contribution is -2.33. The van der Waals surface area contributed by atoms with Gasteiger partial charge in [0.15, 0.2) is 0 Å². The Bertz CT molecular complexity index is 1110. The number of hydrogen-bond donors (Lipinski definition) is 0. The molecular weight excluding hydrogens is 407 g/mol. The molecule has 0 saturated carbocycles. The van der Waals surface area contributed by atoms with E-state index in [4.69, 9.17) is 21.1 Å². The fourth-order valence-corrected chi connectivity index (χ4v) is 3.77. The first-order chi connectivity index (χ1) is 14.5. The second-order valence-corrected chi connectivity index (χ2v) is 7.50. The molecule has 1 amide bonds. The van der Waals surface area contributed by atoms with Crippen LogP contribution in [0.5, 0.6) is 11.6 Å². The molecule has 2 heterocycles. The summed E-state index contributed by atoms with van der Waals surface area (Å²) in [6, 6.07) is 14.5. The summed E-state index contributed by atoms with van der Waals surface area (Å²) >= 11 is 6.09. The molecule has 1 unspecified atom stereocenters. The molecule has 0 bridgehead atoms. The summed E-state index contributed by atoms with van der Waals surface area (Å²) in [6.07, 6.45) is 0. The summed E-state index contributed by atoms with van der Waals surface area (Å²) in [4.78, 5) is 19.0. The average molecular weight is 427 g/mol. The van der Waals surface area contributed by atoms with E-state index in [1.165, 1.54) is 13.2 Å². The van der Waals surface area contributed by atoms with Gasteiger partial charge >= 0.3 is 0 Å². The largest absolute Gasteiger partial charge is 0.497 e. The zero-order valence-electron chi connectivity index (χ0n) is 16.6. The average Bonchev–Trinajstić information content (AvgIpc) is 3.04. The maximum atomic E-state index is 14.9. The molecule has 0 fully saturated rings. The van der Waals surface area contributed by atoms with Crippen molar-refractivity contribution in [3.8, 4) is 11.6 Å². The summed E-state index contributed by atoms with van der Waals surface area (Å²) in [7, 11) is 1.48. The van der Waals surface area contributed by atoms with Crippen molar-refractivity contribution in [1.82, 2.24) is 9.88 Å². The predicted molar refractivity (Wildman–Crippen MR) is 111 cm³/mol. The van der Waals surface area contributed by atoms with Gasteiger partial charge in [0.25, 0.3) is 5.91 Å². The first-order valence-electron chi connectivity index (χ1n) is 9.45. The highest BCUT2D eigenvalue weighted by molar-refractivity contribution is 6.30. The Morgan fingerprint density at radius 1 is 1.20 bits per heavy atom. The lowest BCUT2D eigenvalue weighted by atomic mass is 10.0. The van der Waals surface area contributed by atoms with Gasteiger partial charge in [-0.3, -0.25) is 4.79 Å². The third-order valence-corrected chi connectivity index (χ3v) is 5.33. The molecule has 5 nitrogen and oxygen atoms in total. The first-order valence-corrected chi connectivity index (χ1v) is 9.83. The fourth-order valence-electron chi connectivity index (χ4n) is 3.58. The number of amides is 1. The van der Waals surface area contributed by atoms with Crippen molar-refractivity contribution < 1.29 is 18.7 Å². The van der Waals surface area contributed by atoms with Crippen molar-refractivity contribution in [3.05, 3.63) is 87.8 Å². The quantitative estimate of drug-likeness (QED) is 0.558. The van der Waals surface area contributed by atoms with Gasteiger partial charge in [-0.15, -0.1) is 0 Å². The van der Waals surface area contributed by atoms with Crippen molar-refractivity contribution >= 4 is 17.5 Å². The van der Waals surface area contributed by atoms with Crippen LogP contribution in [0.15, 0.2) is 54.6 Å². The number of halogens is 2. The lowest BCUT2D eigenvalue weighted by molar-refractivity contribution is 0.0627. The van der Waals surface area contributed by atoms with Gasteiger partial charge in [0.1, 0.15) is 18.2 Å². The second kappa shape index (κ2) is 8.32. The Morgan fingerprint density at radius 2 is 2.03 bits per heavy atom. The maximum absolute atomic E-state index is 14.9. The number of hydrogen-bond acceptors (Lipinski definition) is 4. The maximum Gasteiger partial charge on any atom is 0.255 e. The Labute approximate surface area is 179 Å². The van der Waals surface area contributed by atoms with Crippen LogP contribution < -0.4 is 9.47 Å². The van der Waals surface area contributed by atoms with Gasteiger partial charge in [0.05, 0.1) is 13.2 Å². The van der Waals surface area contributed by atoms with E-state index in [9.17, 15) is 9.18 Å². The van der Waals surface area contributed by atoms with Gasteiger partial charge in [0.2, 0.25) is 5.88 Å². The van der Waals surface area contributed by atoms with E-state index in [0.29, 0.717) is 34.3 Å². The van der Waals surface area contributed by atoms with Crippen molar-refractivity contribution in [2.75, 3.05) is 13.7 Å². The van der Waals surface area contributed by atoms with Crippen LogP contribution in [0.25, 0.3) is 0 Å². The van der Waals surface area contributed by atoms with E-state index in [-0.39, 0.29) is 12.5 Å².